The highest BCUT2D eigenvalue weighted by molar-refractivity contribution is 6.03. The summed E-state index contributed by atoms with van der Waals surface area (Å²) in [4.78, 5) is 28.4. The molecule has 2 N–H and O–H groups in total. The predicted octanol–water partition coefficient (Wildman–Crippen LogP) is 5.90. The Morgan fingerprint density at radius 2 is 1.55 bits per heavy atom. The van der Waals surface area contributed by atoms with Gasteiger partial charge in [0.1, 0.15) is 0 Å². The molecule has 0 saturated heterocycles. The quantitative estimate of drug-likeness (QED) is 0.388. The number of H-pyrrole nitrogens is 1. The minimum atomic E-state index is -0.312. The summed E-state index contributed by atoms with van der Waals surface area (Å²) in [6.45, 7) is 11.9. The van der Waals surface area contributed by atoms with Crippen molar-refractivity contribution >= 4 is 17.8 Å². The highest BCUT2D eigenvalue weighted by atomic mass is 16.2. The largest absolute Gasteiger partial charge is 0.331 e. The van der Waals surface area contributed by atoms with Gasteiger partial charge in [0.05, 0.1) is 0 Å². The zero-order valence-corrected chi connectivity index (χ0v) is 23.2. The molecule has 1 aliphatic rings. The van der Waals surface area contributed by atoms with Crippen molar-refractivity contribution in [1.82, 2.24) is 25.5 Å². The molecular weight excluding hydrogens is 476 g/mol. The summed E-state index contributed by atoms with van der Waals surface area (Å²) in [6.07, 6.45) is 5.26. The van der Waals surface area contributed by atoms with Gasteiger partial charge in [-0.3, -0.25) is 14.9 Å². The molecule has 0 radical (unpaired) electrons. The molecule has 1 aromatic heterocycles. The Morgan fingerprint density at radius 1 is 0.947 bits per heavy atom. The van der Waals surface area contributed by atoms with E-state index in [0.29, 0.717) is 23.9 Å². The minimum Gasteiger partial charge on any atom is -0.331 e. The minimum absolute atomic E-state index is 0.0687. The number of amides is 2. The second-order valence-electron chi connectivity index (χ2n) is 12.0. The van der Waals surface area contributed by atoms with Gasteiger partial charge in [-0.1, -0.05) is 64.0 Å². The molecular formula is C30H40N6O2. The summed E-state index contributed by atoms with van der Waals surface area (Å²) in [6, 6.07) is 15.7. The third kappa shape index (κ3) is 7.05. The lowest BCUT2D eigenvalue weighted by atomic mass is 9.71. The number of aromatic amines is 1. The summed E-state index contributed by atoms with van der Waals surface area (Å²) in [5.41, 5.74) is 3.74. The van der Waals surface area contributed by atoms with E-state index in [1.807, 2.05) is 29.2 Å². The third-order valence-corrected chi connectivity index (χ3v) is 7.61. The standard InChI is InChI=1S/C30H40N6O2/c1-20(2)18-21-6-12-24(13-7-21)28(38)36(26-16-14-25(15-17-26)30(3,4)5)19-22-8-10-23(11-9-22)27(37)31-29-32-34-35-33-29/h6-13,20,25-26H,14-19H2,1-5H3,(H2,31,32,33,34,35,37). The molecule has 8 heteroatoms. The van der Waals surface area contributed by atoms with Crippen LogP contribution in [-0.2, 0) is 13.0 Å². The van der Waals surface area contributed by atoms with Gasteiger partial charge in [0.25, 0.3) is 17.8 Å². The molecule has 202 valence electrons. The van der Waals surface area contributed by atoms with Crippen molar-refractivity contribution in [3.05, 3.63) is 70.8 Å². The number of carbonyl (C=O) groups excluding carboxylic acids is 2. The fraction of sp³-hybridized carbons (Fsp3) is 0.500. The number of tetrazole rings is 1. The first-order valence-corrected chi connectivity index (χ1v) is 13.6. The van der Waals surface area contributed by atoms with Crippen molar-refractivity contribution in [2.24, 2.45) is 17.3 Å². The summed E-state index contributed by atoms with van der Waals surface area (Å²) >= 11 is 0. The maximum Gasteiger partial charge on any atom is 0.270 e. The molecule has 8 nitrogen and oxygen atoms in total. The lowest BCUT2D eigenvalue weighted by Crippen LogP contribution is -2.43. The van der Waals surface area contributed by atoms with Crippen LogP contribution in [0.1, 0.15) is 92.1 Å². The van der Waals surface area contributed by atoms with Crippen molar-refractivity contribution in [2.75, 3.05) is 5.32 Å². The smallest absolute Gasteiger partial charge is 0.270 e. The summed E-state index contributed by atoms with van der Waals surface area (Å²) in [5.74, 6) is 1.12. The first-order chi connectivity index (χ1) is 18.1. The highest BCUT2D eigenvalue weighted by Gasteiger charge is 2.34. The Labute approximate surface area is 225 Å². The molecule has 4 rings (SSSR count). The normalized spacial score (nSPS) is 17.8. The molecule has 0 atom stereocenters. The zero-order valence-electron chi connectivity index (χ0n) is 23.2. The van der Waals surface area contributed by atoms with E-state index in [2.05, 4.69) is 72.7 Å². The van der Waals surface area contributed by atoms with Crippen molar-refractivity contribution in [3.8, 4) is 0 Å². The Kier molecular flexibility index (Phi) is 8.59. The number of benzene rings is 2. The Bertz CT molecular complexity index is 1190. The number of aromatic nitrogens is 4. The summed E-state index contributed by atoms with van der Waals surface area (Å²) in [5, 5.41) is 15.9. The fourth-order valence-corrected chi connectivity index (χ4v) is 5.39. The molecule has 3 aromatic rings. The van der Waals surface area contributed by atoms with E-state index in [0.717, 1.165) is 43.2 Å². The monoisotopic (exact) mass is 516 g/mol. The van der Waals surface area contributed by atoms with Crippen molar-refractivity contribution < 1.29 is 9.59 Å². The Morgan fingerprint density at radius 3 is 2.11 bits per heavy atom. The molecule has 2 aromatic carbocycles. The molecule has 0 bridgehead atoms. The number of nitrogens with zero attached hydrogens (tertiary/aromatic N) is 4. The van der Waals surface area contributed by atoms with Crippen LogP contribution < -0.4 is 5.32 Å². The summed E-state index contributed by atoms with van der Waals surface area (Å²) in [7, 11) is 0. The highest BCUT2D eigenvalue weighted by Crippen LogP contribution is 2.39. The molecule has 0 aliphatic heterocycles. The first kappa shape index (κ1) is 27.5. The van der Waals surface area contributed by atoms with Gasteiger partial charge in [0, 0.05) is 23.7 Å². The van der Waals surface area contributed by atoms with Gasteiger partial charge in [-0.2, -0.15) is 5.21 Å². The van der Waals surface area contributed by atoms with E-state index < -0.39 is 0 Å². The number of hydrogen-bond acceptors (Lipinski definition) is 5. The number of nitrogens with one attached hydrogen (secondary N) is 2. The predicted molar refractivity (Wildman–Crippen MR) is 149 cm³/mol. The SMILES string of the molecule is CC(C)Cc1ccc(C(=O)N(Cc2ccc(C(=O)Nc3nn[nH]n3)cc2)C2CCC(C(C)(C)C)CC2)cc1. The van der Waals surface area contributed by atoms with Crippen LogP contribution in [0.5, 0.6) is 0 Å². The van der Waals surface area contributed by atoms with Gasteiger partial charge in [-0.05, 0) is 90.0 Å². The molecule has 0 unspecified atom stereocenters. The van der Waals surface area contributed by atoms with E-state index >= 15 is 0 Å². The van der Waals surface area contributed by atoms with Gasteiger partial charge in [-0.15, -0.1) is 5.10 Å². The Balaban J connectivity index is 1.51. The van der Waals surface area contributed by atoms with Crippen LogP contribution >= 0.6 is 0 Å². The average Bonchev–Trinajstić information content (AvgIpc) is 3.40. The lowest BCUT2D eigenvalue weighted by Gasteiger charge is -2.41. The second kappa shape index (κ2) is 11.9. The number of anilines is 1. The second-order valence-corrected chi connectivity index (χ2v) is 12.0. The number of rotatable bonds is 8. The van der Waals surface area contributed by atoms with Gasteiger partial charge >= 0.3 is 0 Å². The molecule has 0 spiro atoms. The fourth-order valence-electron chi connectivity index (χ4n) is 5.39. The van der Waals surface area contributed by atoms with Gasteiger partial charge < -0.3 is 4.90 Å². The van der Waals surface area contributed by atoms with Crippen molar-refractivity contribution in [1.29, 1.82) is 0 Å². The van der Waals surface area contributed by atoms with Gasteiger partial charge in [-0.25, -0.2) is 0 Å². The van der Waals surface area contributed by atoms with E-state index in [9.17, 15) is 9.59 Å². The number of hydrogen-bond donors (Lipinski definition) is 2. The maximum absolute atomic E-state index is 13.9. The average molecular weight is 517 g/mol. The molecule has 1 aliphatic carbocycles. The topological polar surface area (TPSA) is 104 Å². The van der Waals surface area contributed by atoms with Crippen LogP contribution in [-0.4, -0.2) is 43.4 Å². The van der Waals surface area contributed by atoms with Crippen LogP contribution in [0.2, 0.25) is 0 Å². The third-order valence-electron chi connectivity index (χ3n) is 7.61. The van der Waals surface area contributed by atoms with Crippen LogP contribution in [0.25, 0.3) is 0 Å². The lowest BCUT2D eigenvalue weighted by molar-refractivity contribution is 0.0530. The number of carbonyl (C=O) groups is 2. The Hall–Kier alpha value is -3.55. The zero-order chi connectivity index (χ0) is 27.3. The van der Waals surface area contributed by atoms with Crippen molar-refractivity contribution in [2.45, 2.75) is 79.3 Å². The van der Waals surface area contributed by atoms with E-state index in [1.165, 1.54) is 5.56 Å². The van der Waals surface area contributed by atoms with Crippen LogP contribution in [0.4, 0.5) is 5.95 Å². The van der Waals surface area contributed by atoms with Crippen molar-refractivity contribution in [3.63, 3.8) is 0 Å². The van der Waals surface area contributed by atoms with E-state index in [4.69, 9.17) is 0 Å². The van der Waals surface area contributed by atoms with Gasteiger partial charge in [0.15, 0.2) is 0 Å². The first-order valence-electron chi connectivity index (χ1n) is 13.6. The van der Waals surface area contributed by atoms with Crippen LogP contribution in [0.3, 0.4) is 0 Å². The molecule has 1 saturated carbocycles. The van der Waals surface area contributed by atoms with E-state index in [-0.39, 0.29) is 29.2 Å². The molecule has 2 amide bonds. The van der Waals surface area contributed by atoms with Crippen LogP contribution in [0.15, 0.2) is 48.5 Å². The maximum atomic E-state index is 13.9. The summed E-state index contributed by atoms with van der Waals surface area (Å²) < 4.78 is 0. The van der Waals surface area contributed by atoms with Gasteiger partial charge in [0.2, 0.25) is 0 Å². The molecule has 38 heavy (non-hydrogen) atoms. The van der Waals surface area contributed by atoms with E-state index in [1.54, 1.807) is 12.1 Å². The molecule has 1 fully saturated rings. The van der Waals surface area contributed by atoms with Crippen LogP contribution in [0, 0.1) is 17.3 Å². The molecule has 1 heterocycles.